The number of ether oxygens (including phenoxy) is 2. The number of hydrogen-bond acceptors (Lipinski definition) is 5. The van der Waals surface area contributed by atoms with E-state index in [9.17, 15) is 14.7 Å². The highest BCUT2D eigenvalue weighted by atomic mass is 16.5. The largest absolute Gasteiger partial charge is 0.504 e. The van der Waals surface area contributed by atoms with E-state index < -0.39 is 5.97 Å². The summed E-state index contributed by atoms with van der Waals surface area (Å²) in [5.74, 6) is -0.769. The molecular formula is C9H8O5. The number of methoxy groups -OCH3 is 1. The van der Waals surface area contributed by atoms with Crippen LogP contribution in [-0.4, -0.2) is 24.5 Å². The molecule has 0 saturated carbocycles. The Morgan fingerprint density at radius 3 is 2.79 bits per heavy atom. The van der Waals surface area contributed by atoms with Crippen LogP contribution in [0.1, 0.15) is 0 Å². The highest BCUT2D eigenvalue weighted by Crippen LogP contribution is 2.29. The molecule has 1 aromatic rings. The zero-order chi connectivity index (χ0) is 10.6. The van der Waals surface area contributed by atoms with Crippen molar-refractivity contribution in [2.24, 2.45) is 0 Å². The van der Waals surface area contributed by atoms with E-state index in [1.165, 1.54) is 25.3 Å². The van der Waals surface area contributed by atoms with Gasteiger partial charge in [-0.15, -0.1) is 0 Å². The van der Waals surface area contributed by atoms with E-state index in [0.717, 1.165) is 0 Å². The molecule has 14 heavy (non-hydrogen) atoms. The fraction of sp³-hybridized carbons (Fsp3) is 0.111. The third-order valence-corrected chi connectivity index (χ3v) is 1.47. The predicted molar refractivity (Wildman–Crippen MR) is 46.4 cm³/mol. The average molecular weight is 196 g/mol. The first-order chi connectivity index (χ1) is 6.67. The van der Waals surface area contributed by atoms with Crippen LogP contribution in [-0.2, 0) is 9.59 Å². The highest BCUT2D eigenvalue weighted by Gasteiger charge is 2.06. The first-order valence-electron chi connectivity index (χ1n) is 3.71. The molecule has 0 atom stereocenters. The Bertz CT molecular complexity index is 358. The second-order valence-corrected chi connectivity index (χ2v) is 2.37. The predicted octanol–water partition coefficient (Wildman–Crippen LogP) is 0.505. The fourth-order valence-electron chi connectivity index (χ4n) is 0.862. The quantitative estimate of drug-likeness (QED) is 0.330. The maximum Gasteiger partial charge on any atom is 0.376 e. The van der Waals surface area contributed by atoms with Crippen molar-refractivity contribution in [3.05, 3.63) is 18.2 Å². The molecule has 0 aliphatic rings. The number of aromatic hydroxyl groups is 1. The van der Waals surface area contributed by atoms with Crippen molar-refractivity contribution in [3.63, 3.8) is 0 Å². The minimum Gasteiger partial charge on any atom is -0.504 e. The number of phenolic OH excluding ortho intramolecular Hbond substituents is 1. The molecule has 1 N–H and O–H groups in total. The summed E-state index contributed by atoms with van der Waals surface area (Å²) in [6.45, 7) is 0. The van der Waals surface area contributed by atoms with E-state index in [4.69, 9.17) is 4.74 Å². The van der Waals surface area contributed by atoms with E-state index >= 15 is 0 Å². The summed E-state index contributed by atoms with van der Waals surface area (Å²) in [5.41, 5.74) is 0. The number of carbonyl (C=O) groups is 2. The van der Waals surface area contributed by atoms with Gasteiger partial charge in [-0.25, -0.2) is 4.79 Å². The molecule has 0 bridgehead atoms. The molecule has 0 amide bonds. The summed E-state index contributed by atoms with van der Waals surface area (Å²) in [6, 6.07) is 3.95. The molecule has 0 aliphatic carbocycles. The number of phenols is 1. The van der Waals surface area contributed by atoms with Crippen LogP contribution in [0.2, 0.25) is 0 Å². The smallest absolute Gasteiger partial charge is 0.376 e. The summed E-state index contributed by atoms with van der Waals surface area (Å²) >= 11 is 0. The fourth-order valence-corrected chi connectivity index (χ4v) is 0.862. The Balaban J connectivity index is 2.89. The molecule has 0 radical (unpaired) electrons. The highest BCUT2D eigenvalue weighted by molar-refractivity contribution is 6.21. The van der Waals surface area contributed by atoms with Crippen molar-refractivity contribution in [2.45, 2.75) is 0 Å². The Labute approximate surface area is 79.9 Å². The monoisotopic (exact) mass is 196 g/mol. The van der Waals surface area contributed by atoms with Gasteiger partial charge in [-0.2, -0.15) is 0 Å². The lowest BCUT2D eigenvalue weighted by atomic mass is 10.3. The SMILES string of the molecule is COc1cc(OC(=O)C=O)ccc1O. The van der Waals surface area contributed by atoms with Crippen LogP contribution in [0.4, 0.5) is 0 Å². The van der Waals surface area contributed by atoms with Gasteiger partial charge < -0.3 is 14.6 Å². The van der Waals surface area contributed by atoms with E-state index in [0.29, 0.717) is 0 Å². The minimum absolute atomic E-state index is 0.0549. The van der Waals surface area contributed by atoms with Crippen LogP contribution in [0.5, 0.6) is 17.2 Å². The Kier molecular flexibility index (Phi) is 3.06. The van der Waals surface area contributed by atoms with Gasteiger partial charge in [-0.3, -0.25) is 4.79 Å². The molecule has 5 nitrogen and oxygen atoms in total. The Morgan fingerprint density at radius 2 is 2.21 bits per heavy atom. The van der Waals surface area contributed by atoms with E-state index in [-0.39, 0.29) is 23.5 Å². The maximum absolute atomic E-state index is 10.6. The molecule has 0 heterocycles. The van der Waals surface area contributed by atoms with Crippen molar-refractivity contribution >= 4 is 12.3 Å². The van der Waals surface area contributed by atoms with Crippen LogP contribution >= 0.6 is 0 Å². The first kappa shape index (κ1) is 10.0. The Morgan fingerprint density at radius 1 is 1.50 bits per heavy atom. The number of aldehydes is 1. The van der Waals surface area contributed by atoms with Crippen molar-refractivity contribution in [3.8, 4) is 17.2 Å². The first-order valence-corrected chi connectivity index (χ1v) is 3.71. The molecule has 5 heteroatoms. The van der Waals surface area contributed by atoms with E-state index in [1.807, 2.05) is 0 Å². The summed E-state index contributed by atoms with van der Waals surface area (Å²) < 4.78 is 9.33. The van der Waals surface area contributed by atoms with Crippen molar-refractivity contribution in [1.29, 1.82) is 0 Å². The molecular weight excluding hydrogens is 188 g/mol. The molecule has 74 valence electrons. The van der Waals surface area contributed by atoms with Crippen molar-refractivity contribution in [1.82, 2.24) is 0 Å². The zero-order valence-corrected chi connectivity index (χ0v) is 7.39. The second kappa shape index (κ2) is 4.27. The summed E-state index contributed by atoms with van der Waals surface area (Å²) in [4.78, 5) is 20.5. The standard InChI is InChI=1S/C9H8O5/c1-13-8-4-6(2-3-7(8)11)14-9(12)5-10/h2-5,11H,1H3. The molecule has 0 aromatic heterocycles. The summed E-state index contributed by atoms with van der Waals surface area (Å²) in [5, 5.41) is 9.19. The van der Waals surface area contributed by atoms with Crippen LogP contribution in [0, 0.1) is 0 Å². The Hall–Kier alpha value is -2.04. The topological polar surface area (TPSA) is 72.8 Å². The molecule has 0 saturated heterocycles. The van der Waals surface area contributed by atoms with Gasteiger partial charge in [0.1, 0.15) is 5.75 Å². The van der Waals surface area contributed by atoms with Crippen LogP contribution in [0.3, 0.4) is 0 Å². The lowest BCUT2D eigenvalue weighted by Gasteiger charge is -2.05. The molecule has 1 rings (SSSR count). The number of benzene rings is 1. The zero-order valence-electron chi connectivity index (χ0n) is 7.39. The van der Waals surface area contributed by atoms with Crippen molar-refractivity contribution < 1.29 is 24.2 Å². The third kappa shape index (κ3) is 2.22. The van der Waals surface area contributed by atoms with E-state index in [1.54, 1.807) is 0 Å². The number of hydrogen-bond donors (Lipinski definition) is 1. The second-order valence-electron chi connectivity index (χ2n) is 2.37. The lowest BCUT2D eigenvalue weighted by Crippen LogP contribution is -2.08. The van der Waals surface area contributed by atoms with Crippen LogP contribution in [0.25, 0.3) is 0 Å². The normalized spacial score (nSPS) is 9.21. The van der Waals surface area contributed by atoms with Gasteiger partial charge in [0.25, 0.3) is 0 Å². The van der Waals surface area contributed by atoms with E-state index in [2.05, 4.69) is 4.74 Å². The number of carbonyl (C=O) groups excluding carboxylic acids is 2. The minimum atomic E-state index is -1.00. The van der Waals surface area contributed by atoms with Crippen LogP contribution < -0.4 is 9.47 Å². The lowest BCUT2D eigenvalue weighted by molar-refractivity contribution is -0.141. The van der Waals surface area contributed by atoms with Gasteiger partial charge >= 0.3 is 5.97 Å². The average Bonchev–Trinajstić information content (AvgIpc) is 2.20. The van der Waals surface area contributed by atoms with Gasteiger partial charge in [-0.1, -0.05) is 0 Å². The van der Waals surface area contributed by atoms with Gasteiger partial charge in [-0.05, 0) is 12.1 Å². The third-order valence-electron chi connectivity index (χ3n) is 1.47. The molecule has 1 aromatic carbocycles. The summed E-state index contributed by atoms with van der Waals surface area (Å²) in [7, 11) is 1.36. The van der Waals surface area contributed by atoms with Gasteiger partial charge in [0, 0.05) is 6.07 Å². The van der Waals surface area contributed by atoms with Crippen LogP contribution in [0.15, 0.2) is 18.2 Å². The maximum atomic E-state index is 10.6. The van der Waals surface area contributed by atoms with Gasteiger partial charge in [0.15, 0.2) is 11.5 Å². The molecule has 0 fully saturated rings. The summed E-state index contributed by atoms with van der Waals surface area (Å²) in [6.07, 6.45) is 0.0549. The number of esters is 1. The molecule has 0 spiro atoms. The number of rotatable bonds is 3. The molecule has 0 unspecified atom stereocenters. The molecule has 0 aliphatic heterocycles. The van der Waals surface area contributed by atoms with Gasteiger partial charge in [0.2, 0.25) is 6.29 Å². The van der Waals surface area contributed by atoms with Crippen molar-refractivity contribution in [2.75, 3.05) is 7.11 Å². The van der Waals surface area contributed by atoms with Gasteiger partial charge in [0.05, 0.1) is 7.11 Å².